The first-order valence-corrected chi connectivity index (χ1v) is 14.7. The van der Waals surface area contributed by atoms with E-state index in [-0.39, 0.29) is 5.91 Å². The number of nitrogens with one attached hydrogen (secondary N) is 2. The predicted molar refractivity (Wildman–Crippen MR) is 154 cm³/mol. The molecule has 0 fully saturated rings. The van der Waals surface area contributed by atoms with Gasteiger partial charge in [-0.25, -0.2) is 14.6 Å². The van der Waals surface area contributed by atoms with Gasteiger partial charge >= 0.3 is 12.1 Å². The zero-order valence-corrected chi connectivity index (χ0v) is 25.3. The number of pyridine rings is 1. The van der Waals surface area contributed by atoms with Gasteiger partial charge in [0.1, 0.15) is 11.6 Å². The SMILES string of the molecule is CCCCCCCCCCCCC(=O)Nc1ccc(SC(C)(C)[C@H](NC(=O)OC(C)(C)C)C(=O)OC)nc1. The van der Waals surface area contributed by atoms with Crippen molar-refractivity contribution in [3.8, 4) is 0 Å². The number of methoxy groups -OCH3 is 1. The van der Waals surface area contributed by atoms with Crippen molar-refractivity contribution in [2.24, 2.45) is 0 Å². The Morgan fingerprint density at radius 2 is 1.50 bits per heavy atom. The molecule has 0 bridgehead atoms. The van der Waals surface area contributed by atoms with E-state index >= 15 is 0 Å². The second kappa shape index (κ2) is 17.3. The fraction of sp³-hybridized carbons (Fsp3) is 0.724. The molecule has 0 aliphatic heterocycles. The van der Waals surface area contributed by atoms with Crippen LogP contribution in [0.2, 0.25) is 0 Å². The highest BCUT2D eigenvalue weighted by Gasteiger charge is 2.39. The summed E-state index contributed by atoms with van der Waals surface area (Å²) in [5, 5.41) is 6.17. The first-order valence-electron chi connectivity index (χ1n) is 13.9. The summed E-state index contributed by atoms with van der Waals surface area (Å²) in [6, 6.07) is 2.61. The average molecular weight is 552 g/mol. The largest absolute Gasteiger partial charge is 0.467 e. The summed E-state index contributed by atoms with van der Waals surface area (Å²) in [5.74, 6) is -0.594. The molecule has 0 aliphatic rings. The highest BCUT2D eigenvalue weighted by atomic mass is 32.2. The molecular weight excluding hydrogens is 502 g/mol. The van der Waals surface area contributed by atoms with E-state index in [1.165, 1.54) is 70.2 Å². The van der Waals surface area contributed by atoms with Crippen molar-refractivity contribution >= 4 is 35.4 Å². The number of alkyl carbamates (subject to hydrolysis) is 1. The van der Waals surface area contributed by atoms with Crippen molar-refractivity contribution in [2.75, 3.05) is 12.4 Å². The normalized spacial score (nSPS) is 12.5. The number of hydrogen-bond donors (Lipinski definition) is 2. The summed E-state index contributed by atoms with van der Waals surface area (Å²) in [6.07, 6.45) is 13.7. The zero-order chi connectivity index (χ0) is 28.6. The molecule has 0 radical (unpaired) electrons. The molecule has 1 rings (SSSR count). The molecule has 1 heterocycles. The Morgan fingerprint density at radius 1 is 0.921 bits per heavy atom. The van der Waals surface area contributed by atoms with Crippen LogP contribution < -0.4 is 10.6 Å². The van der Waals surface area contributed by atoms with Gasteiger partial charge in [0.05, 0.1) is 24.0 Å². The van der Waals surface area contributed by atoms with E-state index in [0.717, 1.165) is 12.8 Å². The van der Waals surface area contributed by atoms with Crippen LogP contribution in [0.3, 0.4) is 0 Å². The van der Waals surface area contributed by atoms with Crippen LogP contribution >= 0.6 is 11.8 Å². The van der Waals surface area contributed by atoms with Crippen molar-refractivity contribution in [1.29, 1.82) is 0 Å². The van der Waals surface area contributed by atoms with Gasteiger partial charge in [0.25, 0.3) is 0 Å². The molecule has 2 N–H and O–H groups in total. The van der Waals surface area contributed by atoms with Crippen LogP contribution in [0, 0.1) is 0 Å². The lowest BCUT2D eigenvalue weighted by molar-refractivity contribution is -0.143. The minimum Gasteiger partial charge on any atom is -0.467 e. The van der Waals surface area contributed by atoms with Gasteiger partial charge < -0.3 is 20.1 Å². The van der Waals surface area contributed by atoms with Gasteiger partial charge in [-0.05, 0) is 53.2 Å². The lowest BCUT2D eigenvalue weighted by Crippen LogP contribution is -2.54. The number of esters is 1. The van der Waals surface area contributed by atoms with Crippen molar-refractivity contribution in [2.45, 2.75) is 134 Å². The number of rotatable bonds is 17. The first-order chi connectivity index (χ1) is 17.9. The maximum absolute atomic E-state index is 12.5. The van der Waals surface area contributed by atoms with Gasteiger partial charge in [0.15, 0.2) is 0 Å². The Hall–Kier alpha value is -2.29. The molecule has 0 unspecified atom stereocenters. The zero-order valence-electron chi connectivity index (χ0n) is 24.5. The first kappa shape index (κ1) is 33.7. The lowest BCUT2D eigenvalue weighted by Gasteiger charge is -2.32. The van der Waals surface area contributed by atoms with E-state index in [0.29, 0.717) is 17.1 Å². The van der Waals surface area contributed by atoms with Gasteiger partial charge in [-0.15, -0.1) is 0 Å². The molecule has 0 aliphatic carbocycles. The highest BCUT2D eigenvalue weighted by Crippen LogP contribution is 2.35. The standard InChI is InChI=1S/C29H49N3O5S/c1-8-9-10-11-12-13-14-15-16-17-18-23(33)31-22-19-20-24(30-21-22)38-29(5,6)25(26(34)36-7)32-27(35)37-28(2,3)4/h19-21,25H,8-18H2,1-7H3,(H,31,33)(H,32,35)/t25-/m1/s1. The second-order valence-corrected chi connectivity index (χ2v) is 12.8. The number of anilines is 1. The Balaban J connectivity index is 2.50. The number of hydrogen-bond acceptors (Lipinski definition) is 7. The molecule has 0 saturated heterocycles. The van der Waals surface area contributed by atoms with E-state index in [4.69, 9.17) is 9.47 Å². The molecular formula is C29H49N3O5S. The summed E-state index contributed by atoms with van der Waals surface area (Å²) in [6.45, 7) is 11.1. The molecule has 38 heavy (non-hydrogen) atoms. The van der Waals surface area contributed by atoms with Crippen molar-refractivity contribution in [1.82, 2.24) is 10.3 Å². The van der Waals surface area contributed by atoms with Crippen LogP contribution in [-0.4, -0.2) is 46.5 Å². The molecule has 9 heteroatoms. The van der Waals surface area contributed by atoms with Gasteiger partial charge in [-0.3, -0.25) is 4.79 Å². The topological polar surface area (TPSA) is 107 Å². The number of unbranched alkanes of at least 4 members (excludes halogenated alkanes) is 9. The molecule has 0 aromatic carbocycles. The third-order valence-electron chi connectivity index (χ3n) is 5.94. The fourth-order valence-electron chi connectivity index (χ4n) is 3.90. The Kier molecular flexibility index (Phi) is 15.4. The highest BCUT2D eigenvalue weighted by molar-refractivity contribution is 8.00. The molecule has 1 atom stereocenters. The summed E-state index contributed by atoms with van der Waals surface area (Å²) >= 11 is 1.32. The molecule has 2 amide bonds. The average Bonchev–Trinajstić information content (AvgIpc) is 2.83. The van der Waals surface area contributed by atoms with E-state index in [9.17, 15) is 14.4 Å². The molecule has 1 aromatic rings. The number of nitrogens with zero attached hydrogens (tertiary/aromatic N) is 1. The molecule has 0 saturated carbocycles. The quantitative estimate of drug-likeness (QED) is 0.119. The smallest absolute Gasteiger partial charge is 0.408 e. The third kappa shape index (κ3) is 14.6. The number of thioether (sulfide) groups is 1. The maximum Gasteiger partial charge on any atom is 0.408 e. The van der Waals surface area contributed by atoms with E-state index in [2.05, 4.69) is 22.5 Å². The maximum atomic E-state index is 12.5. The van der Waals surface area contributed by atoms with Gasteiger partial charge in [0.2, 0.25) is 5.91 Å². The molecule has 216 valence electrons. The number of carbonyl (C=O) groups is 3. The minimum absolute atomic E-state index is 0.0144. The Morgan fingerprint density at radius 3 is 2.00 bits per heavy atom. The fourth-order valence-corrected chi connectivity index (χ4v) is 4.95. The summed E-state index contributed by atoms with van der Waals surface area (Å²) in [4.78, 5) is 41.5. The van der Waals surface area contributed by atoms with Crippen LogP contribution in [0.5, 0.6) is 0 Å². The van der Waals surface area contributed by atoms with Crippen LogP contribution in [0.15, 0.2) is 23.4 Å². The van der Waals surface area contributed by atoms with Crippen molar-refractivity contribution < 1.29 is 23.9 Å². The lowest BCUT2D eigenvalue weighted by atomic mass is 10.0. The Labute approximate surface area is 233 Å². The summed E-state index contributed by atoms with van der Waals surface area (Å²) in [7, 11) is 1.28. The monoisotopic (exact) mass is 551 g/mol. The van der Waals surface area contributed by atoms with Crippen molar-refractivity contribution in [3.63, 3.8) is 0 Å². The van der Waals surface area contributed by atoms with Gasteiger partial charge in [-0.2, -0.15) is 0 Å². The number of ether oxygens (including phenoxy) is 2. The van der Waals surface area contributed by atoms with Crippen molar-refractivity contribution in [3.05, 3.63) is 18.3 Å². The Bertz CT molecular complexity index is 853. The van der Waals surface area contributed by atoms with Crippen LogP contribution in [0.25, 0.3) is 0 Å². The van der Waals surface area contributed by atoms with Gasteiger partial charge in [-0.1, -0.05) is 76.5 Å². The molecule has 8 nitrogen and oxygen atoms in total. The summed E-state index contributed by atoms with van der Waals surface area (Å²) < 4.78 is 9.43. The van der Waals surface area contributed by atoms with Gasteiger partial charge in [0, 0.05) is 11.2 Å². The summed E-state index contributed by atoms with van der Waals surface area (Å²) in [5.41, 5.74) is -0.0714. The van der Waals surface area contributed by atoms with E-state index < -0.39 is 28.5 Å². The minimum atomic E-state index is -0.963. The second-order valence-electron chi connectivity index (χ2n) is 11.2. The van der Waals surface area contributed by atoms with E-state index in [1.54, 1.807) is 39.1 Å². The van der Waals surface area contributed by atoms with E-state index in [1.807, 2.05) is 13.8 Å². The molecule has 0 spiro atoms. The number of aromatic nitrogens is 1. The van der Waals surface area contributed by atoms with Crippen LogP contribution in [0.4, 0.5) is 10.5 Å². The van der Waals surface area contributed by atoms with Crippen LogP contribution in [-0.2, 0) is 19.1 Å². The number of carbonyl (C=O) groups excluding carboxylic acids is 3. The molecule has 1 aromatic heterocycles. The van der Waals surface area contributed by atoms with Crippen LogP contribution in [0.1, 0.15) is 112 Å². The number of amides is 2. The predicted octanol–water partition coefficient (Wildman–Crippen LogP) is 7.27. The third-order valence-corrected chi connectivity index (χ3v) is 7.15.